The number of aryl methyl sites for hydroxylation is 1. The average molecular weight is 611 g/mol. The number of carbonyl (C=O) groups is 1. The van der Waals surface area contributed by atoms with Gasteiger partial charge in [0.25, 0.3) is 5.91 Å². The minimum Gasteiger partial charge on any atom is -0.404 e. The summed E-state index contributed by atoms with van der Waals surface area (Å²) in [4.78, 5) is 18.4. The Morgan fingerprint density at radius 2 is 1.88 bits per heavy atom. The number of hydrogen-bond donors (Lipinski definition) is 1. The highest BCUT2D eigenvalue weighted by Gasteiger charge is 2.39. The minimum atomic E-state index is -5.21. The Hall–Kier alpha value is -3.32. The van der Waals surface area contributed by atoms with E-state index in [1.54, 1.807) is 13.0 Å². The third kappa shape index (κ3) is 8.59. The first kappa shape index (κ1) is 32.2. The van der Waals surface area contributed by atoms with Gasteiger partial charge in [-0.2, -0.15) is 18.4 Å². The number of nitrogens with zero attached hydrogens (tertiary/aromatic N) is 4. The predicted molar refractivity (Wildman–Crippen MR) is 133 cm³/mol. The van der Waals surface area contributed by atoms with Gasteiger partial charge in [0.05, 0.1) is 16.5 Å². The van der Waals surface area contributed by atoms with E-state index in [9.17, 15) is 49.9 Å². The van der Waals surface area contributed by atoms with Crippen LogP contribution in [0.1, 0.15) is 60.9 Å². The molecule has 0 radical (unpaired) electrons. The number of amides is 1. The van der Waals surface area contributed by atoms with E-state index in [0.717, 1.165) is 35.2 Å². The number of aliphatic hydroxyl groups is 1. The molecule has 0 aliphatic heterocycles. The van der Waals surface area contributed by atoms with Crippen molar-refractivity contribution in [1.82, 2.24) is 14.5 Å². The second kappa shape index (κ2) is 11.9. The van der Waals surface area contributed by atoms with Gasteiger partial charge in [-0.1, -0.05) is 6.07 Å². The van der Waals surface area contributed by atoms with Crippen LogP contribution in [0.2, 0.25) is 0 Å². The van der Waals surface area contributed by atoms with Crippen LogP contribution in [-0.2, 0) is 16.3 Å². The third-order valence-corrected chi connectivity index (χ3v) is 8.54. The van der Waals surface area contributed by atoms with E-state index in [0.29, 0.717) is 0 Å². The molecule has 3 rings (SSSR count). The summed E-state index contributed by atoms with van der Waals surface area (Å²) in [7, 11) is -3.29. The topological polar surface area (TPSA) is 126 Å². The molecule has 1 saturated carbocycles. The van der Waals surface area contributed by atoms with Gasteiger partial charge in [-0.3, -0.25) is 9.36 Å². The summed E-state index contributed by atoms with van der Waals surface area (Å²) >= 11 is 0. The lowest BCUT2D eigenvalue weighted by Gasteiger charge is -2.38. The highest BCUT2D eigenvalue weighted by atomic mass is 32.2. The molecule has 0 spiro atoms. The molecule has 1 amide bonds. The molecule has 16 heteroatoms. The molecule has 0 atom stereocenters. The molecule has 0 bridgehead atoms. The van der Waals surface area contributed by atoms with Gasteiger partial charge in [-0.25, -0.2) is 13.4 Å². The summed E-state index contributed by atoms with van der Waals surface area (Å²) in [6.45, 7) is 1.52. The van der Waals surface area contributed by atoms with Gasteiger partial charge < -0.3 is 14.7 Å². The quantitative estimate of drug-likeness (QED) is 0.420. The fraction of sp³-hybridized carbons (Fsp3) is 0.560. The van der Waals surface area contributed by atoms with Crippen LogP contribution in [0.15, 0.2) is 24.4 Å². The summed E-state index contributed by atoms with van der Waals surface area (Å²) in [6.07, 6.45) is -8.89. The number of imidazole rings is 1. The first-order valence-electron chi connectivity index (χ1n) is 12.5. The second-order valence-electron chi connectivity index (χ2n) is 9.97. The van der Waals surface area contributed by atoms with Crippen molar-refractivity contribution >= 4 is 15.7 Å². The lowest BCUT2D eigenvalue weighted by molar-refractivity contribution is -0.274. The second-order valence-corrected chi connectivity index (χ2v) is 12.3. The van der Waals surface area contributed by atoms with Gasteiger partial charge in [0, 0.05) is 32.0 Å². The Labute approximate surface area is 232 Å². The number of hydrogen-bond acceptors (Lipinski definition) is 7. The lowest BCUT2D eigenvalue weighted by Crippen LogP contribution is -2.49. The highest BCUT2D eigenvalue weighted by Crippen LogP contribution is 2.34. The number of carbonyl (C=O) groups excluding carboxylic acids is 1. The maximum absolute atomic E-state index is 13.3. The van der Waals surface area contributed by atoms with Crippen molar-refractivity contribution in [2.24, 2.45) is 0 Å². The van der Waals surface area contributed by atoms with Crippen LogP contribution >= 0.6 is 0 Å². The number of halogens is 6. The van der Waals surface area contributed by atoms with Gasteiger partial charge in [-0.15, -0.1) is 13.2 Å². The molecule has 41 heavy (non-hydrogen) atoms. The Morgan fingerprint density at radius 3 is 2.39 bits per heavy atom. The van der Waals surface area contributed by atoms with Crippen molar-refractivity contribution in [2.45, 2.75) is 68.8 Å². The summed E-state index contributed by atoms with van der Waals surface area (Å²) in [5, 5.41) is 20.0. The van der Waals surface area contributed by atoms with E-state index in [1.807, 2.05) is 0 Å². The van der Waals surface area contributed by atoms with Crippen LogP contribution in [0.3, 0.4) is 0 Å². The predicted octanol–water partition coefficient (Wildman–Crippen LogP) is 4.32. The number of sulfone groups is 1. The summed E-state index contributed by atoms with van der Waals surface area (Å²) in [5.74, 6) is -2.14. The lowest BCUT2D eigenvalue weighted by atomic mass is 9.84. The monoisotopic (exact) mass is 610 g/mol. The molecular weight excluding hydrogens is 582 g/mol. The molecule has 0 saturated heterocycles. The zero-order valence-corrected chi connectivity index (χ0v) is 22.9. The maximum atomic E-state index is 13.3. The maximum Gasteiger partial charge on any atom is 0.573 e. The van der Waals surface area contributed by atoms with E-state index in [-0.39, 0.29) is 55.7 Å². The molecule has 1 heterocycles. The Kier molecular flexibility index (Phi) is 9.33. The Balaban J connectivity index is 1.90. The minimum absolute atomic E-state index is 0.0851. The average Bonchev–Trinajstić information content (AvgIpc) is 3.28. The van der Waals surface area contributed by atoms with Gasteiger partial charge in [0.2, 0.25) is 5.82 Å². The van der Waals surface area contributed by atoms with Gasteiger partial charge in [0.15, 0.2) is 5.75 Å². The molecule has 2 aromatic rings. The number of alkyl halides is 6. The number of likely N-dealkylation sites (N-methyl/N-ethyl adjacent to an activating group) is 1. The van der Waals surface area contributed by atoms with Crippen LogP contribution in [0.5, 0.6) is 5.75 Å². The largest absolute Gasteiger partial charge is 0.573 e. The van der Waals surface area contributed by atoms with E-state index in [4.69, 9.17) is 0 Å². The van der Waals surface area contributed by atoms with Crippen LogP contribution < -0.4 is 4.74 Å². The molecule has 1 aliphatic carbocycles. The highest BCUT2D eigenvalue weighted by molar-refractivity contribution is 7.91. The van der Waals surface area contributed by atoms with E-state index >= 15 is 0 Å². The zero-order valence-electron chi connectivity index (χ0n) is 22.1. The number of benzene rings is 1. The van der Waals surface area contributed by atoms with Crippen LogP contribution in [-0.4, -0.2) is 76.6 Å². The molecule has 0 unspecified atom stereocenters. The fourth-order valence-corrected chi connectivity index (χ4v) is 5.80. The van der Waals surface area contributed by atoms with Crippen molar-refractivity contribution in [3.8, 4) is 17.5 Å². The molecule has 1 aromatic carbocycles. The summed E-state index contributed by atoms with van der Waals surface area (Å²) in [6, 6.07) is 4.63. The Bertz CT molecular complexity index is 1410. The molecular formula is C25H28F6N4O5S. The Morgan fingerprint density at radius 1 is 1.24 bits per heavy atom. The van der Waals surface area contributed by atoms with Crippen molar-refractivity contribution in [2.75, 3.05) is 19.3 Å². The molecule has 1 aliphatic rings. The number of rotatable bonds is 9. The van der Waals surface area contributed by atoms with Crippen LogP contribution in [0.25, 0.3) is 5.69 Å². The van der Waals surface area contributed by atoms with Crippen LogP contribution in [0.4, 0.5) is 26.3 Å². The molecule has 1 N–H and O–H groups in total. The van der Waals surface area contributed by atoms with E-state index < -0.39 is 63.5 Å². The van der Waals surface area contributed by atoms with Gasteiger partial charge >= 0.3 is 12.5 Å². The van der Waals surface area contributed by atoms with Crippen molar-refractivity contribution in [3.63, 3.8) is 0 Å². The molecule has 9 nitrogen and oxygen atoms in total. The number of aromatic nitrogens is 2. The fourth-order valence-electron chi connectivity index (χ4n) is 4.71. The van der Waals surface area contributed by atoms with Crippen molar-refractivity contribution in [3.05, 3.63) is 41.5 Å². The van der Waals surface area contributed by atoms with Gasteiger partial charge in [-0.05, 0) is 56.7 Å². The summed E-state index contributed by atoms with van der Waals surface area (Å²) in [5.41, 5.74) is -2.21. The van der Waals surface area contributed by atoms with E-state index in [1.165, 1.54) is 4.90 Å². The van der Waals surface area contributed by atoms with Crippen molar-refractivity contribution in [1.29, 1.82) is 5.26 Å². The first-order chi connectivity index (χ1) is 18.8. The van der Waals surface area contributed by atoms with Crippen molar-refractivity contribution < 1.29 is 49.4 Å². The van der Waals surface area contributed by atoms with Crippen LogP contribution in [0, 0.1) is 11.3 Å². The molecule has 226 valence electrons. The SMILES string of the molecule is CCN(CC1(O)CCC(S(C)(=O)=O)CC1)C(=O)c1cn(-c2ccc(CCC(F)(F)F)cc2OC(F)(F)F)c(C#N)n1. The van der Waals surface area contributed by atoms with E-state index in [2.05, 4.69) is 9.72 Å². The molecule has 1 aromatic heterocycles. The smallest absolute Gasteiger partial charge is 0.404 e. The zero-order chi connectivity index (χ0) is 30.8. The third-order valence-electron chi connectivity index (χ3n) is 6.85. The normalized spacial score (nSPS) is 20.0. The summed E-state index contributed by atoms with van der Waals surface area (Å²) < 4.78 is 106. The standard InChI is InChI=1S/C25H28F6N4O5S/c1-3-34(15-23(37)9-7-17(8-10-23)41(2,38)39)22(36)18-14-35(21(13-32)33-18)19-5-4-16(6-11-24(26,27)28)12-20(19)40-25(29,30)31/h4-5,12,14,17,37H,3,6-11,15H2,1-2H3. The van der Waals surface area contributed by atoms with Gasteiger partial charge in [0.1, 0.15) is 21.6 Å². The number of nitriles is 1. The number of ether oxygens (including phenoxy) is 1. The molecule has 1 fully saturated rings. The first-order valence-corrected chi connectivity index (χ1v) is 14.5.